The average Bonchev–Trinajstić information content (AvgIpc) is 3.29. The van der Waals surface area contributed by atoms with E-state index in [-0.39, 0.29) is 23.6 Å². The van der Waals surface area contributed by atoms with Gasteiger partial charge in [0, 0.05) is 22.9 Å². The molecule has 1 aliphatic heterocycles. The molecule has 3 unspecified atom stereocenters. The number of ether oxygens (including phenoxy) is 1. The Hall–Kier alpha value is -3.73. The third kappa shape index (κ3) is 3.60. The molecule has 3 atom stereocenters. The van der Waals surface area contributed by atoms with Crippen LogP contribution < -0.4 is 15.4 Å². The van der Waals surface area contributed by atoms with E-state index in [4.69, 9.17) is 4.74 Å². The lowest BCUT2D eigenvalue weighted by Gasteiger charge is -2.38. The number of rotatable bonds is 4. The van der Waals surface area contributed by atoms with Crippen molar-refractivity contribution in [1.29, 1.82) is 0 Å². The van der Waals surface area contributed by atoms with Crippen LogP contribution in [0.25, 0.3) is 0 Å². The summed E-state index contributed by atoms with van der Waals surface area (Å²) in [5.41, 5.74) is 5.84. The van der Waals surface area contributed by atoms with Crippen molar-refractivity contribution >= 4 is 17.3 Å². The highest BCUT2D eigenvalue weighted by atomic mass is 16.5. The minimum Gasteiger partial charge on any atom is -0.504 e. The summed E-state index contributed by atoms with van der Waals surface area (Å²) in [6.45, 7) is 1.98. The fourth-order valence-electron chi connectivity index (χ4n) is 4.88. The molecular weight excluding hydrogens is 400 g/mol. The van der Waals surface area contributed by atoms with Crippen molar-refractivity contribution in [3.63, 3.8) is 0 Å². The molecule has 0 bridgehead atoms. The SMILES string of the molecule is COc1cc(C2Nc3ccc(NC(=O)c4cccc(C)c4)cc3C3C=CCC32)ccc1O. The van der Waals surface area contributed by atoms with E-state index in [0.29, 0.717) is 17.2 Å². The van der Waals surface area contributed by atoms with Gasteiger partial charge in [0.1, 0.15) is 0 Å². The molecule has 0 saturated carbocycles. The molecule has 5 nitrogen and oxygen atoms in total. The van der Waals surface area contributed by atoms with Gasteiger partial charge in [-0.15, -0.1) is 0 Å². The predicted molar refractivity (Wildman–Crippen MR) is 127 cm³/mol. The molecule has 0 spiro atoms. The molecule has 162 valence electrons. The van der Waals surface area contributed by atoms with Crippen molar-refractivity contribution in [3.05, 3.63) is 95.1 Å². The maximum atomic E-state index is 12.7. The summed E-state index contributed by atoms with van der Waals surface area (Å²) in [4.78, 5) is 12.7. The molecule has 2 aliphatic rings. The number of carbonyl (C=O) groups excluding carboxylic acids is 1. The smallest absolute Gasteiger partial charge is 0.255 e. The molecule has 0 fully saturated rings. The number of phenols is 1. The maximum absolute atomic E-state index is 12.7. The van der Waals surface area contributed by atoms with E-state index < -0.39 is 0 Å². The molecule has 3 aromatic rings. The molecule has 1 amide bonds. The first-order valence-electron chi connectivity index (χ1n) is 10.9. The molecule has 0 saturated heterocycles. The normalized spacial score (nSPS) is 20.8. The van der Waals surface area contributed by atoms with Crippen molar-refractivity contribution < 1.29 is 14.6 Å². The maximum Gasteiger partial charge on any atom is 0.255 e. The highest BCUT2D eigenvalue weighted by Gasteiger charge is 2.38. The van der Waals surface area contributed by atoms with E-state index in [1.54, 1.807) is 13.2 Å². The van der Waals surface area contributed by atoms with Crippen LogP contribution in [0.5, 0.6) is 11.5 Å². The van der Waals surface area contributed by atoms with Crippen LogP contribution in [-0.2, 0) is 0 Å². The summed E-state index contributed by atoms with van der Waals surface area (Å²) in [6, 6.07) is 19.3. The van der Waals surface area contributed by atoms with Gasteiger partial charge in [0.05, 0.1) is 13.2 Å². The number of fused-ring (bicyclic) bond motifs is 3. The van der Waals surface area contributed by atoms with Crippen LogP contribution in [0.15, 0.2) is 72.8 Å². The molecule has 1 heterocycles. The minimum atomic E-state index is -0.106. The van der Waals surface area contributed by atoms with E-state index in [0.717, 1.165) is 28.9 Å². The molecule has 1 aliphatic carbocycles. The van der Waals surface area contributed by atoms with Crippen molar-refractivity contribution in [2.24, 2.45) is 5.92 Å². The first-order chi connectivity index (χ1) is 15.5. The predicted octanol–water partition coefficient (Wildman–Crippen LogP) is 5.79. The van der Waals surface area contributed by atoms with Gasteiger partial charge in [-0.3, -0.25) is 4.79 Å². The molecule has 5 rings (SSSR count). The zero-order valence-electron chi connectivity index (χ0n) is 18.1. The van der Waals surface area contributed by atoms with Gasteiger partial charge in [0.15, 0.2) is 11.5 Å². The van der Waals surface area contributed by atoms with Gasteiger partial charge in [-0.05, 0) is 72.9 Å². The van der Waals surface area contributed by atoms with Crippen LogP contribution in [-0.4, -0.2) is 18.1 Å². The highest BCUT2D eigenvalue weighted by Crippen LogP contribution is 2.51. The van der Waals surface area contributed by atoms with Gasteiger partial charge in [-0.25, -0.2) is 0 Å². The number of amides is 1. The first-order valence-corrected chi connectivity index (χ1v) is 10.9. The zero-order valence-corrected chi connectivity index (χ0v) is 18.1. The number of methoxy groups -OCH3 is 1. The summed E-state index contributed by atoms with van der Waals surface area (Å²) < 4.78 is 5.32. The van der Waals surface area contributed by atoms with Crippen LogP contribution in [0.4, 0.5) is 11.4 Å². The Balaban J connectivity index is 1.44. The lowest BCUT2D eigenvalue weighted by atomic mass is 9.77. The molecule has 0 radical (unpaired) electrons. The number of aryl methyl sites for hydroxylation is 1. The van der Waals surface area contributed by atoms with Gasteiger partial charge in [-0.1, -0.05) is 35.9 Å². The summed E-state index contributed by atoms with van der Waals surface area (Å²) >= 11 is 0. The Morgan fingerprint density at radius 1 is 1.12 bits per heavy atom. The van der Waals surface area contributed by atoms with Crippen molar-refractivity contribution in [3.8, 4) is 11.5 Å². The lowest BCUT2D eigenvalue weighted by Crippen LogP contribution is -2.29. The Bertz CT molecular complexity index is 1220. The second kappa shape index (κ2) is 8.08. The third-order valence-corrected chi connectivity index (χ3v) is 6.46. The average molecular weight is 427 g/mol. The number of anilines is 2. The Morgan fingerprint density at radius 3 is 2.81 bits per heavy atom. The van der Waals surface area contributed by atoms with Gasteiger partial charge < -0.3 is 20.5 Å². The largest absolute Gasteiger partial charge is 0.504 e. The molecule has 3 aromatic carbocycles. The van der Waals surface area contributed by atoms with E-state index in [1.165, 1.54) is 5.56 Å². The quantitative estimate of drug-likeness (QED) is 0.462. The number of carbonyl (C=O) groups is 1. The van der Waals surface area contributed by atoms with Gasteiger partial charge >= 0.3 is 0 Å². The van der Waals surface area contributed by atoms with Gasteiger partial charge in [0.2, 0.25) is 0 Å². The highest BCUT2D eigenvalue weighted by molar-refractivity contribution is 6.04. The topological polar surface area (TPSA) is 70.6 Å². The van der Waals surface area contributed by atoms with E-state index >= 15 is 0 Å². The van der Waals surface area contributed by atoms with Crippen molar-refractivity contribution in [1.82, 2.24) is 0 Å². The fourth-order valence-corrected chi connectivity index (χ4v) is 4.88. The Labute approximate surface area is 187 Å². The summed E-state index contributed by atoms with van der Waals surface area (Å²) in [6.07, 6.45) is 5.46. The number of phenolic OH excluding ortho intramolecular Hbond substituents is 1. The second-order valence-corrected chi connectivity index (χ2v) is 8.53. The molecule has 3 N–H and O–H groups in total. The molecular formula is C27H26N2O3. The van der Waals surface area contributed by atoms with Crippen LogP contribution in [0.3, 0.4) is 0 Å². The second-order valence-electron chi connectivity index (χ2n) is 8.53. The van der Waals surface area contributed by atoms with Crippen LogP contribution in [0, 0.1) is 12.8 Å². The summed E-state index contributed by atoms with van der Waals surface area (Å²) in [5, 5.41) is 16.7. The van der Waals surface area contributed by atoms with Crippen LogP contribution in [0.2, 0.25) is 0 Å². The van der Waals surface area contributed by atoms with Crippen LogP contribution >= 0.6 is 0 Å². The van der Waals surface area contributed by atoms with Gasteiger partial charge in [-0.2, -0.15) is 0 Å². The standard InChI is InChI=1S/C27H26N2O3/c1-16-5-3-6-18(13-16)27(31)28-19-10-11-23-22(15-19)20-7-4-8-21(20)26(29-23)17-9-12-24(30)25(14-17)32-2/h3-7,9-15,20-21,26,29-30H,8H2,1-2H3,(H,28,31). The van der Waals surface area contributed by atoms with E-state index in [2.05, 4.69) is 28.9 Å². The van der Waals surface area contributed by atoms with E-state index in [1.807, 2.05) is 55.5 Å². The third-order valence-electron chi connectivity index (χ3n) is 6.46. The first kappa shape index (κ1) is 20.2. The Kier molecular flexibility index (Phi) is 5.10. The van der Waals surface area contributed by atoms with E-state index in [9.17, 15) is 9.90 Å². The number of nitrogens with one attached hydrogen (secondary N) is 2. The monoisotopic (exact) mass is 426 g/mol. The number of allylic oxidation sites excluding steroid dienone is 2. The lowest BCUT2D eigenvalue weighted by molar-refractivity contribution is 0.102. The number of benzene rings is 3. The van der Waals surface area contributed by atoms with Gasteiger partial charge in [0.25, 0.3) is 5.91 Å². The molecule has 0 aromatic heterocycles. The molecule has 32 heavy (non-hydrogen) atoms. The minimum absolute atomic E-state index is 0.102. The number of hydrogen-bond acceptors (Lipinski definition) is 4. The number of hydrogen-bond donors (Lipinski definition) is 3. The Morgan fingerprint density at radius 2 is 2.00 bits per heavy atom. The molecule has 5 heteroatoms. The van der Waals surface area contributed by atoms with Crippen LogP contribution in [0.1, 0.15) is 45.4 Å². The summed E-state index contributed by atoms with van der Waals surface area (Å²) in [5.74, 6) is 1.12. The summed E-state index contributed by atoms with van der Waals surface area (Å²) in [7, 11) is 1.56. The number of aromatic hydroxyl groups is 1. The zero-order chi connectivity index (χ0) is 22.2. The van der Waals surface area contributed by atoms with Crippen molar-refractivity contribution in [2.75, 3.05) is 17.7 Å². The van der Waals surface area contributed by atoms with Crippen molar-refractivity contribution in [2.45, 2.75) is 25.3 Å². The fraction of sp³-hybridized carbons (Fsp3) is 0.222.